The van der Waals surface area contributed by atoms with Gasteiger partial charge in [0.05, 0.1) is 0 Å². The van der Waals surface area contributed by atoms with Crippen molar-refractivity contribution in [2.75, 3.05) is 20.3 Å². The standard InChI is InChI=1S/C14H21ClN2O/c1-17(13-4-6-18-7-5-13)10-12-3-2-11(9-16)8-14(12)15/h2-3,8,13H,4-7,9-10,16H2,1H3. The number of hydrogen-bond acceptors (Lipinski definition) is 3. The lowest BCUT2D eigenvalue weighted by atomic mass is 10.1. The predicted molar refractivity (Wildman–Crippen MR) is 74.7 cm³/mol. The van der Waals surface area contributed by atoms with Gasteiger partial charge in [0.25, 0.3) is 0 Å². The van der Waals surface area contributed by atoms with Gasteiger partial charge in [-0.05, 0) is 37.1 Å². The van der Waals surface area contributed by atoms with E-state index in [4.69, 9.17) is 22.1 Å². The minimum absolute atomic E-state index is 0.538. The highest BCUT2D eigenvalue weighted by atomic mass is 35.5. The van der Waals surface area contributed by atoms with Crippen LogP contribution in [0.15, 0.2) is 18.2 Å². The van der Waals surface area contributed by atoms with Gasteiger partial charge in [0.15, 0.2) is 0 Å². The first-order valence-electron chi connectivity index (χ1n) is 6.46. The molecule has 0 atom stereocenters. The summed E-state index contributed by atoms with van der Waals surface area (Å²) in [6, 6.07) is 6.71. The van der Waals surface area contributed by atoms with Gasteiger partial charge in [-0.15, -0.1) is 0 Å². The molecule has 0 saturated carbocycles. The first-order valence-corrected chi connectivity index (χ1v) is 6.84. The van der Waals surface area contributed by atoms with Crippen LogP contribution in [0.5, 0.6) is 0 Å². The maximum absolute atomic E-state index is 6.28. The molecule has 3 nitrogen and oxygen atoms in total. The minimum atomic E-state index is 0.538. The van der Waals surface area contributed by atoms with Crippen molar-refractivity contribution < 1.29 is 4.74 Å². The summed E-state index contributed by atoms with van der Waals surface area (Å²) in [4.78, 5) is 2.37. The molecule has 1 aromatic carbocycles. The summed E-state index contributed by atoms with van der Waals surface area (Å²) in [6.07, 6.45) is 2.21. The highest BCUT2D eigenvalue weighted by molar-refractivity contribution is 6.31. The van der Waals surface area contributed by atoms with E-state index in [1.54, 1.807) is 0 Å². The van der Waals surface area contributed by atoms with Crippen LogP contribution in [0, 0.1) is 0 Å². The van der Waals surface area contributed by atoms with Crippen LogP contribution < -0.4 is 5.73 Å². The Bertz CT molecular complexity index is 391. The molecule has 1 heterocycles. The van der Waals surface area contributed by atoms with Crippen LogP contribution in [0.25, 0.3) is 0 Å². The molecule has 0 bridgehead atoms. The molecule has 0 radical (unpaired) electrons. The quantitative estimate of drug-likeness (QED) is 0.911. The Labute approximate surface area is 114 Å². The van der Waals surface area contributed by atoms with Gasteiger partial charge in [0, 0.05) is 37.4 Å². The summed E-state index contributed by atoms with van der Waals surface area (Å²) >= 11 is 6.28. The average molecular weight is 269 g/mol. The topological polar surface area (TPSA) is 38.5 Å². The van der Waals surface area contributed by atoms with E-state index in [0.29, 0.717) is 12.6 Å². The monoisotopic (exact) mass is 268 g/mol. The third kappa shape index (κ3) is 3.45. The highest BCUT2D eigenvalue weighted by Crippen LogP contribution is 2.22. The third-order valence-electron chi connectivity index (χ3n) is 3.59. The Hall–Kier alpha value is -0.610. The number of benzene rings is 1. The van der Waals surface area contributed by atoms with Crippen molar-refractivity contribution in [3.05, 3.63) is 34.3 Å². The molecule has 18 heavy (non-hydrogen) atoms. The van der Waals surface area contributed by atoms with Crippen LogP contribution >= 0.6 is 11.6 Å². The predicted octanol–water partition coefficient (Wildman–Crippen LogP) is 2.41. The highest BCUT2D eigenvalue weighted by Gasteiger charge is 2.19. The van der Waals surface area contributed by atoms with Crippen LogP contribution in [0.1, 0.15) is 24.0 Å². The van der Waals surface area contributed by atoms with Gasteiger partial charge < -0.3 is 10.5 Å². The molecule has 0 amide bonds. The Kier molecular flexibility index (Phi) is 5.01. The third-order valence-corrected chi connectivity index (χ3v) is 3.94. The lowest BCUT2D eigenvalue weighted by Gasteiger charge is -2.31. The maximum atomic E-state index is 6.28. The van der Waals surface area contributed by atoms with Crippen LogP contribution in [-0.2, 0) is 17.8 Å². The van der Waals surface area contributed by atoms with Gasteiger partial charge in [-0.25, -0.2) is 0 Å². The molecule has 1 aliphatic heterocycles. The lowest BCUT2D eigenvalue weighted by Crippen LogP contribution is -2.36. The molecule has 100 valence electrons. The Morgan fingerprint density at radius 3 is 2.72 bits per heavy atom. The van der Waals surface area contributed by atoms with Gasteiger partial charge in [0.1, 0.15) is 0 Å². The van der Waals surface area contributed by atoms with E-state index in [1.165, 1.54) is 5.56 Å². The van der Waals surface area contributed by atoms with Gasteiger partial charge in [-0.1, -0.05) is 23.7 Å². The second-order valence-electron chi connectivity index (χ2n) is 4.89. The number of nitrogens with zero attached hydrogens (tertiary/aromatic N) is 1. The number of nitrogens with two attached hydrogens (primary N) is 1. The fourth-order valence-electron chi connectivity index (χ4n) is 2.37. The van der Waals surface area contributed by atoms with Crippen LogP contribution in [0.3, 0.4) is 0 Å². The van der Waals surface area contributed by atoms with E-state index in [2.05, 4.69) is 24.1 Å². The average Bonchev–Trinajstić information content (AvgIpc) is 2.42. The van der Waals surface area contributed by atoms with Crippen LogP contribution in [0.4, 0.5) is 0 Å². The fourth-order valence-corrected chi connectivity index (χ4v) is 2.63. The second kappa shape index (κ2) is 6.53. The van der Waals surface area contributed by atoms with E-state index >= 15 is 0 Å². The summed E-state index contributed by atoms with van der Waals surface area (Å²) in [7, 11) is 2.16. The van der Waals surface area contributed by atoms with Crippen molar-refractivity contribution in [2.45, 2.75) is 32.0 Å². The molecule has 2 N–H and O–H groups in total. The van der Waals surface area contributed by atoms with E-state index in [9.17, 15) is 0 Å². The van der Waals surface area contributed by atoms with Gasteiger partial charge in [0.2, 0.25) is 0 Å². The molecule has 1 fully saturated rings. The zero-order valence-corrected chi connectivity index (χ0v) is 11.6. The molecule has 0 aliphatic carbocycles. The Balaban J connectivity index is 1.99. The molecular formula is C14H21ClN2O. The van der Waals surface area contributed by atoms with Crippen molar-refractivity contribution in [3.8, 4) is 0 Å². The molecule has 1 saturated heterocycles. The van der Waals surface area contributed by atoms with Gasteiger partial charge in [-0.3, -0.25) is 4.90 Å². The summed E-state index contributed by atoms with van der Waals surface area (Å²) in [6.45, 7) is 3.16. The Morgan fingerprint density at radius 2 is 2.11 bits per heavy atom. The second-order valence-corrected chi connectivity index (χ2v) is 5.30. The largest absolute Gasteiger partial charge is 0.381 e. The summed E-state index contributed by atoms with van der Waals surface area (Å²) < 4.78 is 5.39. The number of halogens is 1. The summed E-state index contributed by atoms with van der Waals surface area (Å²) in [5.41, 5.74) is 7.85. The molecule has 1 aromatic rings. The van der Waals surface area contributed by atoms with E-state index in [-0.39, 0.29) is 0 Å². The normalized spacial score (nSPS) is 17.3. The SMILES string of the molecule is CN(Cc1ccc(CN)cc1Cl)C1CCOCC1. The van der Waals surface area contributed by atoms with Crippen molar-refractivity contribution in [2.24, 2.45) is 5.73 Å². The maximum Gasteiger partial charge on any atom is 0.0480 e. The van der Waals surface area contributed by atoms with Gasteiger partial charge >= 0.3 is 0 Å². The molecule has 1 aliphatic rings. The van der Waals surface area contributed by atoms with Crippen LogP contribution in [0.2, 0.25) is 5.02 Å². The summed E-state index contributed by atoms with van der Waals surface area (Å²) in [5, 5.41) is 0.817. The number of hydrogen-bond donors (Lipinski definition) is 1. The number of ether oxygens (including phenoxy) is 1. The van der Waals surface area contributed by atoms with Crippen molar-refractivity contribution in [3.63, 3.8) is 0 Å². The van der Waals surface area contributed by atoms with Crippen molar-refractivity contribution in [1.82, 2.24) is 4.90 Å². The molecule has 4 heteroatoms. The zero-order chi connectivity index (χ0) is 13.0. The van der Waals surface area contributed by atoms with Crippen molar-refractivity contribution in [1.29, 1.82) is 0 Å². The molecular weight excluding hydrogens is 248 g/mol. The molecule has 0 spiro atoms. The van der Waals surface area contributed by atoms with Crippen LogP contribution in [-0.4, -0.2) is 31.2 Å². The minimum Gasteiger partial charge on any atom is -0.381 e. The molecule has 2 rings (SSSR count). The molecule has 0 aromatic heterocycles. The van der Waals surface area contributed by atoms with E-state index in [1.807, 2.05) is 6.07 Å². The van der Waals surface area contributed by atoms with E-state index in [0.717, 1.165) is 43.2 Å². The molecule has 0 unspecified atom stereocenters. The first-order chi connectivity index (χ1) is 8.70. The van der Waals surface area contributed by atoms with Crippen molar-refractivity contribution >= 4 is 11.6 Å². The zero-order valence-electron chi connectivity index (χ0n) is 10.9. The lowest BCUT2D eigenvalue weighted by molar-refractivity contribution is 0.0407. The Morgan fingerprint density at radius 1 is 1.39 bits per heavy atom. The fraction of sp³-hybridized carbons (Fsp3) is 0.571. The number of rotatable bonds is 4. The van der Waals surface area contributed by atoms with E-state index < -0.39 is 0 Å². The smallest absolute Gasteiger partial charge is 0.0480 e. The summed E-state index contributed by atoms with van der Waals surface area (Å²) in [5.74, 6) is 0. The van der Waals surface area contributed by atoms with Gasteiger partial charge in [-0.2, -0.15) is 0 Å². The first kappa shape index (κ1) is 13.8.